The molecule has 2 aliphatic rings. The number of hydrogen-bond donors (Lipinski definition) is 0. The van der Waals surface area contributed by atoms with Gasteiger partial charge < -0.3 is 18.9 Å². The lowest BCUT2D eigenvalue weighted by molar-refractivity contribution is -0.380. The quantitative estimate of drug-likeness (QED) is 0.327. The Morgan fingerprint density at radius 1 is 0.812 bits per heavy atom. The van der Waals surface area contributed by atoms with Gasteiger partial charge in [-0.15, -0.1) is 0 Å². The molecule has 0 aromatic heterocycles. The molecule has 4 nitrogen and oxygen atoms in total. The first-order valence-electron chi connectivity index (χ1n) is 10.5. The second-order valence-electron chi connectivity index (χ2n) is 8.80. The summed E-state index contributed by atoms with van der Waals surface area (Å²) in [7, 11) is 0. The topological polar surface area (TPSA) is 36.9 Å². The summed E-state index contributed by atoms with van der Waals surface area (Å²) in [6.45, 7) is 4.01. The summed E-state index contributed by atoms with van der Waals surface area (Å²) in [5, 5.41) is 0. The zero-order chi connectivity index (χ0) is 23.7. The summed E-state index contributed by atoms with van der Waals surface area (Å²) >= 11 is 0. The van der Waals surface area contributed by atoms with E-state index in [1.54, 1.807) is 0 Å². The van der Waals surface area contributed by atoms with E-state index in [4.69, 9.17) is 18.9 Å². The van der Waals surface area contributed by atoms with Crippen molar-refractivity contribution in [1.29, 1.82) is 0 Å². The minimum atomic E-state index is -6.17. The highest BCUT2D eigenvalue weighted by atomic mass is 19.4. The second-order valence-corrected chi connectivity index (χ2v) is 8.80. The van der Waals surface area contributed by atoms with Gasteiger partial charge in [-0.3, -0.25) is 0 Å². The van der Waals surface area contributed by atoms with E-state index in [2.05, 4.69) is 0 Å². The number of halogens is 6. The summed E-state index contributed by atoms with van der Waals surface area (Å²) in [5.74, 6) is -5.78. The van der Waals surface area contributed by atoms with Gasteiger partial charge in [0.15, 0.2) is 0 Å². The first kappa shape index (κ1) is 25.3. The van der Waals surface area contributed by atoms with Crippen molar-refractivity contribution >= 4 is 0 Å². The van der Waals surface area contributed by atoms with Crippen LogP contribution >= 0.6 is 0 Å². The molecule has 10 heteroatoms. The number of rotatable bonds is 11. The Hall–Kier alpha value is -1.36. The van der Waals surface area contributed by atoms with Crippen LogP contribution in [0.25, 0.3) is 0 Å². The fraction of sp³-hybridized carbons (Fsp3) is 0.727. The van der Waals surface area contributed by atoms with Crippen molar-refractivity contribution in [2.24, 2.45) is 10.8 Å². The molecule has 1 aromatic rings. The van der Waals surface area contributed by atoms with Crippen LogP contribution in [-0.4, -0.2) is 58.0 Å². The van der Waals surface area contributed by atoms with Crippen molar-refractivity contribution in [2.75, 3.05) is 39.6 Å². The Bertz CT molecular complexity index is 712. The largest absolute Gasteiger partial charge is 0.457 e. The van der Waals surface area contributed by atoms with Gasteiger partial charge in [-0.2, -0.15) is 22.0 Å². The normalized spacial score (nSPS) is 22.2. The molecule has 2 saturated heterocycles. The predicted octanol–water partition coefficient (Wildman–Crippen LogP) is 5.26. The summed E-state index contributed by atoms with van der Waals surface area (Å²) < 4.78 is 107. The van der Waals surface area contributed by atoms with Gasteiger partial charge in [0.2, 0.25) is 6.29 Å². The average Bonchev–Trinajstić information content (AvgIpc) is 2.70. The Morgan fingerprint density at radius 3 is 1.56 bits per heavy atom. The Morgan fingerprint density at radius 2 is 1.25 bits per heavy atom. The maximum Gasteiger partial charge on any atom is 0.457 e. The molecule has 1 aromatic carbocycles. The summed E-state index contributed by atoms with van der Waals surface area (Å²) in [6.07, 6.45) is -7.64. The third kappa shape index (κ3) is 4.38. The highest BCUT2D eigenvalue weighted by molar-refractivity contribution is 5.27. The molecule has 1 unspecified atom stereocenters. The van der Waals surface area contributed by atoms with Crippen molar-refractivity contribution in [3.8, 4) is 0 Å². The van der Waals surface area contributed by atoms with Crippen molar-refractivity contribution < 1.29 is 45.3 Å². The van der Waals surface area contributed by atoms with Gasteiger partial charge in [-0.25, -0.2) is 4.39 Å². The van der Waals surface area contributed by atoms with Gasteiger partial charge in [0.1, 0.15) is 0 Å². The summed E-state index contributed by atoms with van der Waals surface area (Å²) in [4.78, 5) is 0. The Kier molecular flexibility index (Phi) is 7.20. The molecular formula is C22H28F6O4. The number of alkyl halides is 6. The molecule has 2 aliphatic heterocycles. The van der Waals surface area contributed by atoms with Crippen molar-refractivity contribution in [3.63, 3.8) is 0 Å². The summed E-state index contributed by atoms with van der Waals surface area (Å²) in [6, 6.07) is 5.52. The third-order valence-corrected chi connectivity index (χ3v) is 6.55. The van der Waals surface area contributed by atoms with Gasteiger partial charge in [0, 0.05) is 16.4 Å². The molecule has 2 heterocycles. The van der Waals surface area contributed by atoms with E-state index < -0.39 is 40.5 Å². The molecule has 3 rings (SSSR count). The minimum Gasteiger partial charge on any atom is -0.380 e. The average molecular weight is 470 g/mol. The molecule has 182 valence electrons. The van der Waals surface area contributed by atoms with Gasteiger partial charge in [0.25, 0.3) is 5.67 Å². The van der Waals surface area contributed by atoms with Gasteiger partial charge >= 0.3 is 12.1 Å². The van der Waals surface area contributed by atoms with E-state index in [0.717, 1.165) is 12.1 Å². The smallest absolute Gasteiger partial charge is 0.380 e. The van der Waals surface area contributed by atoms with E-state index in [0.29, 0.717) is 12.8 Å². The van der Waals surface area contributed by atoms with Crippen molar-refractivity contribution in [3.05, 3.63) is 35.9 Å². The van der Waals surface area contributed by atoms with Crippen LogP contribution < -0.4 is 0 Å². The molecule has 0 N–H and O–H groups in total. The first-order chi connectivity index (χ1) is 15.0. The maximum absolute atomic E-state index is 16.3. The standard InChI is InChI=1S/C22H28F6O4/c1-3-18(10-29-11-18)14-31-17(32-15-19(4-2)12-30-13-19)20(23,16-8-6-5-7-9-16)21(24,25)22(26,27)28/h5-9,17H,3-4,10-15H2,1-2H3. The SMILES string of the molecule is CCC1(COC(OCC2(CC)COC2)C(F)(c2ccccc2)C(F)(F)C(F)(F)F)COC1. The number of benzene rings is 1. The molecule has 0 spiro atoms. The highest BCUT2D eigenvalue weighted by Gasteiger charge is 2.75. The zero-order valence-corrected chi connectivity index (χ0v) is 18.0. The molecule has 0 radical (unpaired) electrons. The molecule has 32 heavy (non-hydrogen) atoms. The van der Waals surface area contributed by atoms with E-state index in [1.807, 2.05) is 13.8 Å². The molecule has 0 amide bonds. The van der Waals surface area contributed by atoms with E-state index in [1.165, 1.54) is 18.2 Å². The van der Waals surface area contributed by atoms with Crippen molar-refractivity contribution in [2.45, 2.75) is 50.7 Å². The Labute approximate surface area is 183 Å². The maximum atomic E-state index is 16.3. The number of hydrogen-bond acceptors (Lipinski definition) is 4. The van der Waals surface area contributed by atoms with Crippen LogP contribution in [0.3, 0.4) is 0 Å². The lowest BCUT2D eigenvalue weighted by atomic mass is 9.83. The molecule has 2 fully saturated rings. The monoisotopic (exact) mass is 470 g/mol. The van der Waals surface area contributed by atoms with Crippen LogP contribution in [0.4, 0.5) is 26.3 Å². The van der Waals surface area contributed by atoms with E-state index in [9.17, 15) is 22.0 Å². The van der Waals surface area contributed by atoms with Crippen LogP contribution in [0.5, 0.6) is 0 Å². The van der Waals surface area contributed by atoms with Crippen LogP contribution in [0.2, 0.25) is 0 Å². The van der Waals surface area contributed by atoms with Gasteiger partial charge in [0.05, 0.1) is 39.6 Å². The molecule has 0 bridgehead atoms. The van der Waals surface area contributed by atoms with Crippen molar-refractivity contribution in [1.82, 2.24) is 0 Å². The lowest BCUT2D eigenvalue weighted by Gasteiger charge is -2.46. The lowest BCUT2D eigenvalue weighted by Crippen LogP contribution is -2.61. The molecule has 1 atom stereocenters. The van der Waals surface area contributed by atoms with Gasteiger partial charge in [-0.1, -0.05) is 44.2 Å². The highest BCUT2D eigenvalue weighted by Crippen LogP contribution is 2.54. The number of ether oxygens (including phenoxy) is 4. The summed E-state index contributed by atoms with van der Waals surface area (Å²) in [5.41, 5.74) is -6.37. The van der Waals surface area contributed by atoms with Gasteiger partial charge in [-0.05, 0) is 12.8 Å². The molecular weight excluding hydrogens is 442 g/mol. The first-order valence-corrected chi connectivity index (χ1v) is 10.5. The van der Waals surface area contributed by atoms with Crippen LogP contribution in [0.1, 0.15) is 32.3 Å². The fourth-order valence-corrected chi connectivity index (χ4v) is 3.70. The minimum absolute atomic E-state index is 0.239. The molecule has 0 aliphatic carbocycles. The predicted molar refractivity (Wildman–Crippen MR) is 103 cm³/mol. The van der Waals surface area contributed by atoms with E-state index >= 15 is 4.39 Å². The second kappa shape index (κ2) is 9.12. The fourth-order valence-electron chi connectivity index (χ4n) is 3.70. The molecule has 0 saturated carbocycles. The third-order valence-electron chi connectivity index (χ3n) is 6.55. The Balaban J connectivity index is 1.99. The van der Waals surface area contributed by atoms with E-state index in [-0.39, 0.29) is 39.6 Å². The van der Waals surface area contributed by atoms with Crippen LogP contribution in [-0.2, 0) is 24.6 Å². The van der Waals surface area contributed by atoms with Crippen LogP contribution in [0.15, 0.2) is 30.3 Å². The van der Waals surface area contributed by atoms with Crippen LogP contribution in [0, 0.1) is 10.8 Å². The zero-order valence-electron chi connectivity index (χ0n) is 18.0.